The molecule has 2 aromatic carbocycles. The van der Waals surface area contributed by atoms with Crippen LogP contribution in [0.2, 0.25) is 0 Å². The van der Waals surface area contributed by atoms with Crippen LogP contribution < -0.4 is 10.5 Å². The van der Waals surface area contributed by atoms with E-state index >= 15 is 0 Å². The molecule has 0 atom stereocenters. The molecule has 0 saturated heterocycles. The summed E-state index contributed by atoms with van der Waals surface area (Å²) in [5.74, 6) is 0.850. The first-order valence-corrected chi connectivity index (χ1v) is 6.91. The van der Waals surface area contributed by atoms with Crippen molar-refractivity contribution in [1.29, 1.82) is 0 Å². The molecule has 21 heavy (non-hydrogen) atoms. The summed E-state index contributed by atoms with van der Waals surface area (Å²) in [5, 5.41) is 7.44. The van der Waals surface area contributed by atoms with Crippen LogP contribution in [0.1, 0.15) is 6.92 Å². The van der Waals surface area contributed by atoms with Gasteiger partial charge in [-0.2, -0.15) is 5.10 Å². The molecule has 0 unspecified atom stereocenters. The summed E-state index contributed by atoms with van der Waals surface area (Å²) in [5.41, 5.74) is 10.3. The molecular weight excluding hydrogens is 262 g/mol. The number of nitrogens with one attached hydrogen (secondary N) is 1. The van der Waals surface area contributed by atoms with Crippen molar-refractivity contribution in [3.05, 3.63) is 54.6 Å². The highest BCUT2D eigenvalue weighted by Gasteiger charge is 2.10. The van der Waals surface area contributed by atoms with Gasteiger partial charge in [0.1, 0.15) is 5.75 Å². The molecule has 1 aromatic heterocycles. The quantitative estimate of drug-likeness (QED) is 0.715. The first-order valence-electron chi connectivity index (χ1n) is 6.91. The lowest BCUT2D eigenvalue weighted by Crippen LogP contribution is -1.93. The van der Waals surface area contributed by atoms with Gasteiger partial charge in [0.2, 0.25) is 0 Å². The average Bonchev–Trinajstić information content (AvgIpc) is 2.98. The van der Waals surface area contributed by atoms with Crippen LogP contribution in [0.3, 0.4) is 0 Å². The van der Waals surface area contributed by atoms with Crippen LogP contribution in [0.4, 0.5) is 5.69 Å². The van der Waals surface area contributed by atoms with E-state index in [1.165, 1.54) is 0 Å². The van der Waals surface area contributed by atoms with E-state index in [4.69, 9.17) is 10.5 Å². The molecule has 1 heterocycles. The zero-order chi connectivity index (χ0) is 14.7. The van der Waals surface area contributed by atoms with Crippen molar-refractivity contribution in [2.75, 3.05) is 12.3 Å². The highest BCUT2D eigenvalue weighted by molar-refractivity contribution is 5.73. The summed E-state index contributed by atoms with van der Waals surface area (Å²) in [4.78, 5) is 0. The molecule has 0 spiro atoms. The molecule has 3 N–H and O–H groups in total. The molecule has 3 aromatic rings. The Morgan fingerprint density at radius 1 is 1.10 bits per heavy atom. The molecule has 0 aliphatic carbocycles. The largest absolute Gasteiger partial charge is 0.493 e. The van der Waals surface area contributed by atoms with Crippen molar-refractivity contribution in [3.63, 3.8) is 0 Å². The van der Waals surface area contributed by atoms with Gasteiger partial charge in [-0.1, -0.05) is 24.3 Å². The number of nitrogens with two attached hydrogens (primary N) is 1. The number of hydrogen-bond acceptors (Lipinski definition) is 3. The Bertz CT molecular complexity index is 749. The minimum atomic E-state index is 0.632. The van der Waals surface area contributed by atoms with Gasteiger partial charge in [0.05, 0.1) is 18.0 Å². The molecule has 0 aliphatic rings. The van der Waals surface area contributed by atoms with Crippen molar-refractivity contribution >= 4 is 5.69 Å². The van der Waals surface area contributed by atoms with Gasteiger partial charge in [-0.05, 0) is 37.3 Å². The summed E-state index contributed by atoms with van der Waals surface area (Å²) in [6, 6.07) is 17.6. The van der Waals surface area contributed by atoms with Gasteiger partial charge in [0.25, 0.3) is 0 Å². The fraction of sp³-hybridized carbons (Fsp3) is 0.118. The van der Waals surface area contributed by atoms with E-state index in [9.17, 15) is 0 Å². The third-order valence-corrected chi connectivity index (χ3v) is 3.24. The van der Waals surface area contributed by atoms with Crippen LogP contribution in [0.5, 0.6) is 5.75 Å². The van der Waals surface area contributed by atoms with Crippen molar-refractivity contribution in [2.24, 2.45) is 0 Å². The zero-order valence-corrected chi connectivity index (χ0v) is 11.8. The first-order chi connectivity index (χ1) is 10.3. The number of anilines is 1. The second-order valence-electron chi connectivity index (χ2n) is 4.72. The number of nitrogens with zero attached hydrogens (tertiary/aromatic N) is 1. The van der Waals surface area contributed by atoms with Crippen LogP contribution >= 0.6 is 0 Å². The minimum Gasteiger partial charge on any atom is -0.493 e. The maximum atomic E-state index is 5.82. The zero-order valence-electron chi connectivity index (χ0n) is 11.8. The predicted octanol–water partition coefficient (Wildman–Crippen LogP) is 3.72. The number of H-pyrrole nitrogens is 1. The summed E-state index contributed by atoms with van der Waals surface area (Å²) >= 11 is 0. The van der Waals surface area contributed by atoms with E-state index < -0.39 is 0 Å². The standard InChI is InChI=1S/C17H17N3O/c1-2-21-17-9-4-3-8-14(17)16-11-15(19-20-16)12-6-5-7-13(18)10-12/h3-11H,2,18H2,1H3,(H,19,20). The van der Waals surface area contributed by atoms with Crippen molar-refractivity contribution in [2.45, 2.75) is 6.92 Å². The number of aromatic nitrogens is 2. The molecule has 0 radical (unpaired) electrons. The molecule has 4 heteroatoms. The summed E-state index contributed by atoms with van der Waals surface area (Å²) in [7, 11) is 0. The lowest BCUT2D eigenvalue weighted by atomic mass is 10.1. The number of rotatable bonds is 4. The van der Waals surface area contributed by atoms with Gasteiger partial charge in [-0.3, -0.25) is 5.10 Å². The van der Waals surface area contributed by atoms with E-state index in [0.717, 1.165) is 34.0 Å². The second-order valence-corrected chi connectivity index (χ2v) is 4.72. The number of para-hydroxylation sites is 1. The fourth-order valence-corrected chi connectivity index (χ4v) is 2.28. The third kappa shape index (κ3) is 2.74. The maximum Gasteiger partial charge on any atom is 0.128 e. The molecule has 0 fully saturated rings. The van der Waals surface area contributed by atoms with E-state index in [-0.39, 0.29) is 0 Å². The average molecular weight is 279 g/mol. The van der Waals surface area contributed by atoms with Crippen molar-refractivity contribution < 1.29 is 4.74 Å². The Kier molecular flexibility index (Phi) is 3.60. The van der Waals surface area contributed by atoms with Crippen molar-refractivity contribution in [1.82, 2.24) is 10.2 Å². The molecular formula is C17H17N3O. The SMILES string of the molecule is CCOc1ccccc1-c1cc(-c2cccc(N)c2)n[nH]1. The number of hydrogen-bond donors (Lipinski definition) is 2. The highest BCUT2D eigenvalue weighted by atomic mass is 16.5. The fourth-order valence-electron chi connectivity index (χ4n) is 2.28. The lowest BCUT2D eigenvalue weighted by Gasteiger charge is -2.07. The molecule has 3 rings (SSSR count). The van der Waals surface area contributed by atoms with E-state index in [0.29, 0.717) is 6.61 Å². The minimum absolute atomic E-state index is 0.632. The summed E-state index contributed by atoms with van der Waals surface area (Å²) in [6.45, 7) is 2.61. The number of aromatic amines is 1. The van der Waals surface area contributed by atoms with Crippen molar-refractivity contribution in [3.8, 4) is 28.3 Å². The Hall–Kier alpha value is -2.75. The molecule has 0 aliphatic heterocycles. The predicted molar refractivity (Wildman–Crippen MR) is 85.0 cm³/mol. The summed E-state index contributed by atoms with van der Waals surface area (Å²) in [6.07, 6.45) is 0. The van der Waals surface area contributed by atoms with Crippen LogP contribution in [-0.2, 0) is 0 Å². The first kappa shape index (κ1) is 13.2. The van der Waals surface area contributed by atoms with Crippen LogP contribution in [0.25, 0.3) is 22.5 Å². The van der Waals surface area contributed by atoms with Crippen LogP contribution in [0.15, 0.2) is 54.6 Å². The van der Waals surface area contributed by atoms with Gasteiger partial charge in [-0.15, -0.1) is 0 Å². The molecule has 0 saturated carbocycles. The highest BCUT2D eigenvalue weighted by Crippen LogP contribution is 2.31. The van der Waals surface area contributed by atoms with Gasteiger partial charge < -0.3 is 10.5 Å². The van der Waals surface area contributed by atoms with Crippen LogP contribution in [0, 0.1) is 0 Å². The van der Waals surface area contributed by atoms with Crippen LogP contribution in [-0.4, -0.2) is 16.8 Å². The topological polar surface area (TPSA) is 63.9 Å². The van der Waals surface area contributed by atoms with Gasteiger partial charge in [0, 0.05) is 16.8 Å². The Morgan fingerprint density at radius 2 is 1.95 bits per heavy atom. The number of nitrogen functional groups attached to an aromatic ring is 1. The number of benzene rings is 2. The summed E-state index contributed by atoms with van der Waals surface area (Å²) < 4.78 is 5.66. The Morgan fingerprint density at radius 3 is 2.76 bits per heavy atom. The van der Waals surface area contributed by atoms with E-state index in [1.54, 1.807) is 0 Å². The Balaban J connectivity index is 1.99. The second kappa shape index (κ2) is 5.71. The molecule has 4 nitrogen and oxygen atoms in total. The van der Waals surface area contributed by atoms with E-state index in [1.807, 2.05) is 61.5 Å². The van der Waals surface area contributed by atoms with E-state index in [2.05, 4.69) is 10.2 Å². The third-order valence-electron chi connectivity index (χ3n) is 3.24. The van der Waals surface area contributed by atoms with Gasteiger partial charge >= 0.3 is 0 Å². The smallest absolute Gasteiger partial charge is 0.128 e. The molecule has 106 valence electrons. The molecule has 0 bridgehead atoms. The monoisotopic (exact) mass is 279 g/mol. The van der Waals surface area contributed by atoms with Gasteiger partial charge in [0.15, 0.2) is 0 Å². The molecule has 0 amide bonds. The number of ether oxygens (including phenoxy) is 1. The lowest BCUT2D eigenvalue weighted by molar-refractivity contribution is 0.341. The Labute approximate surface area is 123 Å². The normalized spacial score (nSPS) is 10.5. The maximum absolute atomic E-state index is 5.82. The van der Waals surface area contributed by atoms with Gasteiger partial charge in [-0.25, -0.2) is 0 Å².